The molecule has 1 aromatic carbocycles. The van der Waals surface area contributed by atoms with E-state index in [-0.39, 0.29) is 0 Å². The van der Waals surface area contributed by atoms with Crippen molar-refractivity contribution in [1.82, 2.24) is 9.97 Å². The van der Waals surface area contributed by atoms with Crippen molar-refractivity contribution in [3.05, 3.63) is 70.7 Å². The Morgan fingerprint density at radius 2 is 1.48 bits per heavy atom. The van der Waals surface area contributed by atoms with Crippen LogP contribution in [0.3, 0.4) is 0 Å². The van der Waals surface area contributed by atoms with E-state index in [0.717, 1.165) is 15.3 Å². The number of aromatic nitrogens is 2. The molecule has 3 rings (SSSR count). The van der Waals surface area contributed by atoms with Crippen molar-refractivity contribution in [3.63, 3.8) is 0 Å². The van der Waals surface area contributed by atoms with Crippen LogP contribution in [0, 0.1) is 0 Å². The van der Waals surface area contributed by atoms with E-state index in [9.17, 15) is 0 Å². The van der Waals surface area contributed by atoms with E-state index in [0.29, 0.717) is 0 Å². The van der Waals surface area contributed by atoms with E-state index < -0.39 is 0 Å². The number of rotatable bonds is 4. The van der Waals surface area contributed by atoms with Gasteiger partial charge in [-0.1, -0.05) is 45.4 Å². The predicted octanol–water partition coefficient (Wildman–Crippen LogP) is 6.07. The predicted molar refractivity (Wildman–Crippen MR) is 108 cm³/mol. The van der Waals surface area contributed by atoms with Gasteiger partial charge in [-0.3, -0.25) is 9.97 Å². The molecule has 0 aliphatic carbocycles. The summed E-state index contributed by atoms with van der Waals surface area (Å²) in [6, 6.07) is 10.7. The van der Waals surface area contributed by atoms with Crippen molar-refractivity contribution in [1.29, 1.82) is 0 Å². The maximum atomic E-state index is 4.31. The van der Waals surface area contributed by atoms with Crippen molar-refractivity contribution in [2.24, 2.45) is 0 Å². The maximum absolute atomic E-state index is 4.31. The number of aryl methyl sites for hydroxylation is 1. The van der Waals surface area contributed by atoms with Gasteiger partial charge in [0.25, 0.3) is 0 Å². The lowest BCUT2D eigenvalue weighted by Crippen LogP contribution is -1.92. The zero-order valence-corrected chi connectivity index (χ0v) is 16.5. The third-order valence-corrected chi connectivity index (χ3v) is 5.15. The summed E-state index contributed by atoms with van der Waals surface area (Å²) in [4.78, 5) is 8.61. The number of alkyl halides is 1. The van der Waals surface area contributed by atoms with Crippen molar-refractivity contribution in [3.8, 4) is 22.3 Å². The molecular formula is C19H16BrIN2. The largest absolute Gasteiger partial charge is 0.264 e. The highest BCUT2D eigenvalue weighted by molar-refractivity contribution is 14.1. The molecule has 2 nitrogen and oxygen atoms in total. The smallest absolute Gasteiger partial charge is 0.0349 e. The van der Waals surface area contributed by atoms with Gasteiger partial charge >= 0.3 is 0 Å². The normalized spacial score (nSPS) is 10.7. The summed E-state index contributed by atoms with van der Waals surface area (Å²) in [7, 11) is 0. The molecule has 0 amide bonds. The molecule has 0 fully saturated rings. The second kappa shape index (κ2) is 7.53. The Morgan fingerprint density at radius 1 is 0.913 bits per heavy atom. The fraction of sp³-hybridized carbons (Fsp3) is 0.158. The molecule has 0 N–H and O–H groups in total. The molecule has 0 bridgehead atoms. The second-order valence-electron chi connectivity index (χ2n) is 5.28. The average molecular weight is 479 g/mol. The Kier molecular flexibility index (Phi) is 5.43. The molecule has 0 unspecified atom stereocenters. The molecule has 0 aliphatic rings. The van der Waals surface area contributed by atoms with E-state index >= 15 is 0 Å². The van der Waals surface area contributed by atoms with E-state index in [2.05, 4.69) is 85.7 Å². The molecule has 0 atom stereocenters. The van der Waals surface area contributed by atoms with Crippen LogP contribution in [0.4, 0.5) is 0 Å². The molecule has 0 saturated carbocycles. The Morgan fingerprint density at radius 3 is 2.04 bits per heavy atom. The first-order chi connectivity index (χ1) is 11.2. The lowest BCUT2D eigenvalue weighted by atomic mass is 9.95. The maximum Gasteiger partial charge on any atom is 0.0349 e. The highest BCUT2D eigenvalue weighted by Gasteiger charge is 2.10. The lowest BCUT2D eigenvalue weighted by Gasteiger charge is -2.12. The van der Waals surface area contributed by atoms with E-state index in [1.165, 1.54) is 33.4 Å². The first kappa shape index (κ1) is 16.6. The number of halogens is 2. The van der Waals surface area contributed by atoms with Crippen molar-refractivity contribution in [2.45, 2.75) is 17.8 Å². The lowest BCUT2D eigenvalue weighted by molar-refractivity contribution is 1.12. The van der Waals surface area contributed by atoms with Crippen LogP contribution in [0.25, 0.3) is 22.3 Å². The first-order valence-corrected chi connectivity index (χ1v) is 9.78. The number of benzene rings is 1. The van der Waals surface area contributed by atoms with Gasteiger partial charge in [0.05, 0.1) is 0 Å². The van der Waals surface area contributed by atoms with Crippen molar-refractivity contribution >= 4 is 38.5 Å². The van der Waals surface area contributed by atoms with Crippen LogP contribution < -0.4 is 0 Å². The highest BCUT2D eigenvalue weighted by atomic mass is 127. The van der Waals surface area contributed by atoms with E-state index in [4.69, 9.17) is 0 Å². The minimum atomic E-state index is 0.963. The standard InChI is InChI=1S/C19H16BrIN2/c1-2-13-3-5-22-11-18(13)15-7-16(9-17(20)8-15)19-12-23-6-4-14(19)10-21/h3-9,11-12H,2,10H2,1H3. The van der Waals surface area contributed by atoms with Crippen molar-refractivity contribution in [2.75, 3.05) is 0 Å². The van der Waals surface area contributed by atoms with Gasteiger partial charge in [-0.2, -0.15) is 0 Å². The van der Waals surface area contributed by atoms with Gasteiger partial charge in [0, 0.05) is 44.8 Å². The zero-order chi connectivity index (χ0) is 16.2. The molecule has 0 saturated heterocycles. The van der Waals surface area contributed by atoms with Crippen molar-refractivity contribution < 1.29 is 0 Å². The summed E-state index contributed by atoms with van der Waals surface area (Å²) in [5, 5.41) is 0. The summed E-state index contributed by atoms with van der Waals surface area (Å²) >= 11 is 6.05. The van der Waals surface area contributed by atoms with Crippen LogP contribution in [0.2, 0.25) is 0 Å². The monoisotopic (exact) mass is 478 g/mol. The van der Waals surface area contributed by atoms with Crippen LogP contribution in [0.15, 0.2) is 59.6 Å². The molecule has 0 radical (unpaired) electrons. The highest BCUT2D eigenvalue weighted by Crippen LogP contribution is 2.33. The first-order valence-electron chi connectivity index (χ1n) is 7.46. The van der Waals surface area contributed by atoms with Crippen LogP contribution >= 0.6 is 38.5 Å². The number of pyridine rings is 2. The van der Waals surface area contributed by atoms with Crippen LogP contribution in [0.1, 0.15) is 18.1 Å². The van der Waals surface area contributed by atoms with Gasteiger partial charge in [0.2, 0.25) is 0 Å². The second-order valence-corrected chi connectivity index (χ2v) is 6.96. The third kappa shape index (κ3) is 3.63. The quantitative estimate of drug-likeness (QED) is 0.336. The molecule has 2 aromatic heterocycles. The summed E-state index contributed by atoms with van der Waals surface area (Å²) < 4.78 is 2.03. The zero-order valence-electron chi connectivity index (χ0n) is 12.8. The van der Waals surface area contributed by atoms with E-state index in [1.807, 2.05) is 24.8 Å². The topological polar surface area (TPSA) is 25.8 Å². The Bertz CT molecular complexity index is 767. The van der Waals surface area contributed by atoms with Gasteiger partial charge in [0.1, 0.15) is 0 Å². The molecule has 4 heteroatoms. The molecular weight excluding hydrogens is 463 g/mol. The summed E-state index contributed by atoms with van der Waals surface area (Å²) in [5.41, 5.74) is 7.35. The minimum Gasteiger partial charge on any atom is -0.264 e. The fourth-order valence-corrected chi connectivity index (χ4v) is 3.85. The van der Waals surface area contributed by atoms with E-state index in [1.54, 1.807) is 0 Å². The number of nitrogens with zero attached hydrogens (tertiary/aromatic N) is 2. The SMILES string of the molecule is CCc1ccncc1-c1cc(Br)cc(-c2cnccc2CI)c1. The summed E-state index contributed by atoms with van der Waals surface area (Å²) in [6.07, 6.45) is 8.60. The van der Waals surface area contributed by atoms with Gasteiger partial charge in [0.15, 0.2) is 0 Å². The summed E-state index contributed by atoms with van der Waals surface area (Å²) in [5.74, 6) is 0. The molecule has 2 heterocycles. The number of hydrogen-bond donors (Lipinski definition) is 0. The Labute approximate surface area is 158 Å². The van der Waals surface area contributed by atoms with Gasteiger partial charge in [-0.05, 0) is 59.0 Å². The Balaban J connectivity index is 2.17. The molecule has 0 aliphatic heterocycles. The molecule has 116 valence electrons. The van der Waals surface area contributed by atoms with Gasteiger partial charge in [-0.25, -0.2) is 0 Å². The summed E-state index contributed by atoms with van der Waals surface area (Å²) in [6.45, 7) is 2.17. The van der Waals surface area contributed by atoms with Gasteiger partial charge < -0.3 is 0 Å². The van der Waals surface area contributed by atoms with Crippen LogP contribution in [-0.2, 0) is 10.8 Å². The fourth-order valence-electron chi connectivity index (χ4n) is 2.69. The minimum absolute atomic E-state index is 0.963. The molecule has 3 aromatic rings. The molecule has 0 spiro atoms. The Hall–Kier alpha value is -1.27. The average Bonchev–Trinajstić information content (AvgIpc) is 2.61. The van der Waals surface area contributed by atoms with Gasteiger partial charge in [-0.15, -0.1) is 0 Å². The number of hydrogen-bond acceptors (Lipinski definition) is 2. The van der Waals surface area contributed by atoms with Crippen LogP contribution in [-0.4, -0.2) is 9.97 Å². The third-order valence-electron chi connectivity index (χ3n) is 3.87. The molecule has 23 heavy (non-hydrogen) atoms. The van der Waals surface area contributed by atoms with Crippen LogP contribution in [0.5, 0.6) is 0 Å².